The Kier molecular flexibility index (Phi) is 4.65. The molecule has 2 unspecified atom stereocenters. The van der Waals surface area contributed by atoms with Crippen LogP contribution in [0.25, 0.3) is 20.8 Å². The number of nitrogens with one attached hydrogen (secondary N) is 1. The number of aromatic nitrogens is 1. The number of carbonyl (C=O) groups excluding carboxylic acids is 1. The van der Waals surface area contributed by atoms with Crippen molar-refractivity contribution in [1.29, 1.82) is 0 Å². The van der Waals surface area contributed by atoms with E-state index in [-0.39, 0.29) is 17.9 Å². The van der Waals surface area contributed by atoms with E-state index in [2.05, 4.69) is 11.4 Å². The Morgan fingerprint density at radius 3 is 2.54 bits per heavy atom. The molecular formula is C23H25N3OS. The zero-order chi connectivity index (χ0) is 19.1. The Morgan fingerprint density at radius 2 is 1.75 bits per heavy atom. The second-order valence-electron chi connectivity index (χ2n) is 8.22. The van der Waals surface area contributed by atoms with Gasteiger partial charge in [0.05, 0.1) is 15.9 Å². The molecule has 2 aromatic carbocycles. The third kappa shape index (κ3) is 3.23. The first-order valence-electron chi connectivity index (χ1n) is 10.2. The highest BCUT2D eigenvalue weighted by Crippen LogP contribution is 2.42. The molecule has 3 N–H and O–H groups in total. The van der Waals surface area contributed by atoms with E-state index in [1.54, 1.807) is 11.3 Å². The molecule has 0 radical (unpaired) electrons. The van der Waals surface area contributed by atoms with E-state index in [0.717, 1.165) is 39.3 Å². The lowest BCUT2D eigenvalue weighted by molar-refractivity contribution is -0.122. The molecular weight excluding hydrogens is 366 g/mol. The van der Waals surface area contributed by atoms with Crippen molar-refractivity contribution in [2.45, 2.75) is 38.1 Å². The summed E-state index contributed by atoms with van der Waals surface area (Å²) in [6.07, 6.45) is 5.45. The van der Waals surface area contributed by atoms with Crippen molar-refractivity contribution >= 4 is 33.1 Å². The normalized spacial score (nSPS) is 26.9. The summed E-state index contributed by atoms with van der Waals surface area (Å²) in [5.41, 5.74) is 9.24. The highest BCUT2D eigenvalue weighted by atomic mass is 32.1. The minimum Gasteiger partial charge on any atom is -0.327 e. The van der Waals surface area contributed by atoms with Gasteiger partial charge >= 0.3 is 0 Å². The summed E-state index contributed by atoms with van der Waals surface area (Å²) in [4.78, 5) is 17.9. The number of hydrogen-bond donors (Lipinski definition) is 2. The predicted octanol–water partition coefficient (Wildman–Crippen LogP) is 5.06. The van der Waals surface area contributed by atoms with E-state index in [1.807, 2.05) is 42.5 Å². The Bertz CT molecular complexity index is 967. The molecule has 2 atom stereocenters. The Morgan fingerprint density at radius 1 is 1.04 bits per heavy atom. The molecule has 2 bridgehead atoms. The van der Waals surface area contributed by atoms with Crippen molar-refractivity contribution < 1.29 is 4.79 Å². The van der Waals surface area contributed by atoms with Crippen molar-refractivity contribution in [1.82, 2.24) is 4.98 Å². The number of benzene rings is 2. The van der Waals surface area contributed by atoms with Gasteiger partial charge in [0.25, 0.3) is 0 Å². The number of para-hydroxylation sites is 2. The summed E-state index contributed by atoms with van der Waals surface area (Å²) in [6.45, 7) is 0. The Balaban J connectivity index is 1.39. The third-order valence-electron chi connectivity index (χ3n) is 6.49. The van der Waals surface area contributed by atoms with E-state index in [1.165, 1.54) is 19.3 Å². The summed E-state index contributed by atoms with van der Waals surface area (Å²) in [6, 6.07) is 16.4. The van der Waals surface area contributed by atoms with Gasteiger partial charge in [-0.05, 0) is 61.8 Å². The number of carbonyl (C=O) groups is 1. The molecule has 4 nitrogen and oxygen atoms in total. The largest absolute Gasteiger partial charge is 0.327 e. The number of rotatable bonds is 3. The molecule has 1 aromatic heterocycles. The van der Waals surface area contributed by atoms with Gasteiger partial charge in [-0.1, -0.05) is 30.7 Å². The van der Waals surface area contributed by atoms with Crippen LogP contribution < -0.4 is 11.1 Å². The molecule has 28 heavy (non-hydrogen) atoms. The van der Waals surface area contributed by atoms with Crippen LogP contribution >= 0.6 is 11.3 Å². The molecule has 3 aromatic rings. The molecule has 0 spiro atoms. The number of nitrogens with two attached hydrogens (primary N) is 1. The van der Waals surface area contributed by atoms with Crippen LogP contribution in [0.2, 0.25) is 0 Å². The molecule has 2 fully saturated rings. The molecule has 5 heteroatoms. The fourth-order valence-electron chi connectivity index (χ4n) is 5.00. The fourth-order valence-corrected chi connectivity index (χ4v) is 6.01. The number of nitrogens with zero attached hydrogens (tertiary/aromatic N) is 1. The summed E-state index contributed by atoms with van der Waals surface area (Å²) in [7, 11) is 0. The van der Waals surface area contributed by atoms with Crippen molar-refractivity contribution in [2.75, 3.05) is 5.32 Å². The van der Waals surface area contributed by atoms with Crippen molar-refractivity contribution in [2.24, 2.45) is 23.5 Å². The molecule has 0 aliphatic heterocycles. The Labute approximate surface area is 169 Å². The molecule has 144 valence electrons. The van der Waals surface area contributed by atoms with Gasteiger partial charge in [-0.25, -0.2) is 4.98 Å². The molecule has 0 saturated heterocycles. The van der Waals surface area contributed by atoms with E-state index in [0.29, 0.717) is 11.8 Å². The molecule has 1 amide bonds. The zero-order valence-electron chi connectivity index (χ0n) is 15.8. The predicted molar refractivity (Wildman–Crippen MR) is 115 cm³/mol. The van der Waals surface area contributed by atoms with Crippen molar-refractivity contribution in [3.63, 3.8) is 0 Å². The van der Waals surface area contributed by atoms with Gasteiger partial charge in [0.1, 0.15) is 5.01 Å². The lowest BCUT2D eigenvalue weighted by Crippen LogP contribution is -2.48. The molecule has 5 rings (SSSR count). The summed E-state index contributed by atoms with van der Waals surface area (Å²) >= 11 is 1.66. The van der Waals surface area contributed by atoms with Crippen LogP contribution in [0, 0.1) is 17.8 Å². The zero-order valence-corrected chi connectivity index (χ0v) is 16.6. The summed E-state index contributed by atoms with van der Waals surface area (Å²) in [5, 5.41) is 4.16. The standard InChI is InChI=1S/C23H25N3OS/c24-21-14-6-5-7-15(21)13-16(12-14)22(27)25-18-9-2-1-8-17(18)23-26-19-10-3-4-11-20(19)28-23/h1-4,8-11,14-16,21H,5-7,12-13,24H2,(H,25,27). The van der Waals surface area contributed by atoms with Crippen LogP contribution in [-0.2, 0) is 4.79 Å². The first-order valence-corrected chi connectivity index (χ1v) is 11.0. The number of fused-ring (bicyclic) bond motifs is 3. The average molecular weight is 392 g/mol. The minimum absolute atomic E-state index is 0.0681. The monoisotopic (exact) mass is 391 g/mol. The number of anilines is 1. The van der Waals surface area contributed by atoms with Crippen molar-refractivity contribution in [3.05, 3.63) is 48.5 Å². The number of hydrogen-bond acceptors (Lipinski definition) is 4. The second-order valence-corrected chi connectivity index (χ2v) is 9.25. The molecule has 1 heterocycles. The highest BCUT2D eigenvalue weighted by Gasteiger charge is 2.40. The lowest BCUT2D eigenvalue weighted by atomic mass is 9.65. The molecule has 2 aliphatic carbocycles. The molecule has 2 saturated carbocycles. The van der Waals surface area contributed by atoms with Gasteiger partial charge in [0, 0.05) is 17.5 Å². The van der Waals surface area contributed by atoms with Gasteiger partial charge in [-0.2, -0.15) is 0 Å². The number of amides is 1. The van der Waals surface area contributed by atoms with Gasteiger partial charge < -0.3 is 11.1 Å². The van der Waals surface area contributed by atoms with Gasteiger partial charge in [0.15, 0.2) is 0 Å². The fraction of sp³-hybridized carbons (Fsp3) is 0.391. The third-order valence-corrected chi connectivity index (χ3v) is 7.56. The average Bonchev–Trinajstić information content (AvgIpc) is 3.12. The van der Waals surface area contributed by atoms with E-state index in [9.17, 15) is 4.79 Å². The first-order chi connectivity index (χ1) is 13.7. The summed E-state index contributed by atoms with van der Waals surface area (Å²) in [5.74, 6) is 1.21. The van der Waals surface area contributed by atoms with Gasteiger partial charge in [-0.15, -0.1) is 11.3 Å². The first kappa shape index (κ1) is 17.8. The second kappa shape index (κ2) is 7.30. The maximum absolute atomic E-state index is 13.1. The maximum atomic E-state index is 13.1. The smallest absolute Gasteiger partial charge is 0.227 e. The highest BCUT2D eigenvalue weighted by molar-refractivity contribution is 7.21. The van der Waals surface area contributed by atoms with Crippen LogP contribution in [0.1, 0.15) is 32.1 Å². The van der Waals surface area contributed by atoms with Crippen LogP contribution in [-0.4, -0.2) is 16.9 Å². The quantitative estimate of drug-likeness (QED) is 0.656. The van der Waals surface area contributed by atoms with Crippen LogP contribution in [0.4, 0.5) is 5.69 Å². The maximum Gasteiger partial charge on any atom is 0.227 e. The van der Waals surface area contributed by atoms with E-state index >= 15 is 0 Å². The Hall–Kier alpha value is -2.24. The van der Waals surface area contributed by atoms with Gasteiger partial charge in [-0.3, -0.25) is 4.79 Å². The van der Waals surface area contributed by atoms with E-state index < -0.39 is 0 Å². The van der Waals surface area contributed by atoms with Crippen LogP contribution in [0.3, 0.4) is 0 Å². The summed E-state index contributed by atoms with van der Waals surface area (Å²) < 4.78 is 1.16. The number of thiazole rings is 1. The SMILES string of the molecule is NC1C2CCCC1CC(C(=O)Nc1ccccc1-c1nc3ccccc3s1)C2. The van der Waals surface area contributed by atoms with Crippen molar-refractivity contribution in [3.8, 4) is 10.6 Å². The topological polar surface area (TPSA) is 68.0 Å². The molecule has 2 aliphatic rings. The van der Waals surface area contributed by atoms with Crippen LogP contribution in [0.5, 0.6) is 0 Å². The van der Waals surface area contributed by atoms with Crippen LogP contribution in [0.15, 0.2) is 48.5 Å². The van der Waals surface area contributed by atoms with Gasteiger partial charge in [0.2, 0.25) is 5.91 Å². The lowest BCUT2D eigenvalue weighted by Gasteiger charge is -2.43. The van der Waals surface area contributed by atoms with E-state index in [4.69, 9.17) is 10.7 Å². The minimum atomic E-state index is 0.0681.